The van der Waals surface area contributed by atoms with Crippen molar-refractivity contribution in [3.8, 4) is 0 Å². The molecule has 0 saturated heterocycles. The number of hydrogen-bond acceptors (Lipinski definition) is 2. The Morgan fingerprint density at radius 3 is 2.44 bits per heavy atom. The predicted octanol–water partition coefficient (Wildman–Crippen LogP) is 2.68. The van der Waals surface area contributed by atoms with Gasteiger partial charge in [-0.1, -0.05) is 6.07 Å². The predicted molar refractivity (Wildman–Crippen MR) is 70.0 cm³/mol. The third kappa shape index (κ3) is 2.48. The van der Waals surface area contributed by atoms with Gasteiger partial charge in [-0.25, -0.2) is 4.39 Å². The summed E-state index contributed by atoms with van der Waals surface area (Å²) in [5.74, 6) is -0.571. The summed E-state index contributed by atoms with van der Waals surface area (Å²) in [5, 5.41) is 0. The molecule has 0 spiro atoms. The summed E-state index contributed by atoms with van der Waals surface area (Å²) in [6.07, 6.45) is 0. The summed E-state index contributed by atoms with van der Waals surface area (Å²) in [6, 6.07) is 12.5. The van der Waals surface area contributed by atoms with E-state index in [-0.39, 0.29) is 11.7 Å². The molecule has 2 aromatic carbocycles. The molecule has 92 valence electrons. The second-order valence-electron chi connectivity index (χ2n) is 3.97. The number of carbonyl (C=O) groups is 1. The lowest BCUT2D eigenvalue weighted by Crippen LogP contribution is -2.26. The van der Waals surface area contributed by atoms with Gasteiger partial charge in [0, 0.05) is 24.0 Å². The number of anilines is 2. The van der Waals surface area contributed by atoms with Gasteiger partial charge in [0.25, 0.3) is 5.91 Å². The summed E-state index contributed by atoms with van der Waals surface area (Å²) in [7, 11) is 1.65. The molecule has 3 nitrogen and oxygen atoms in total. The monoisotopic (exact) mass is 244 g/mol. The maximum Gasteiger partial charge on any atom is 0.258 e. The van der Waals surface area contributed by atoms with Crippen LogP contribution in [0, 0.1) is 5.82 Å². The van der Waals surface area contributed by atoms with Crippen LogP contribution in [0.3, 0.4) is 0 Å². The highest BCUT2D eigenvalue weighted by atomic mass is 19.1. The smallest absolute Gasteiger partial charge is 0.258 e. The van der Waals surface area contributed by atoms with Crippen molar-refractivity contribution in [1.29, 1.82) is 0 Å². The largest absolute Gasteiger partial charge is 0.399 e. The molecule has 1 amide bonds. The van der Waals surface area contributed by atoms with Gasteiger partial charge in [0.1, 0.15) is 5.82 Å². The fourth-order valence-electron chi connectivity index (χ4n) is 1.64. The van der Waals surface area contributed by atoms with Crippen LogP contribution in [0.2, 0.25) is 0 Å². The average Bonchev–Trinajstić information content (AvgIpc) is 2.38. The molecule has 0 aliphatic heterocycles. The number of benzene rings is 2. The zero-order chi connectivity index (χ0) is 13.1. The minimum absolute atomic E-state index is 0.208. The van der Waals surface area contributed by atoms with Gasteiger partial charge in [-0.05, 0) is 42.5 Å². The van der Waals surface area contributed by atoms with Gasteiger partial charge in [0.2, 0.25) is 0 Å². The van der Waals surface area contributed by atoms with Crippen LogP contribution in [-0.2, 0) is 0 Å². The molecule has 4 heteroatoms. The molecule has 0 heterocycles. The molecule has 0 bridgehead atoms. The first-order valence-electron chi connectivity index (χ1n) is 5.47. The van der Waals surface area contributed by atoms with Crippen LogP contribution in [0.4, 0.5) is 15.8 Å². The van der Waals surface area contributed by atoms with Crippen molar-refractivity contribution in [3.05, 3.63) is 59.9 Å². The Labute approximate surface area is 105 Å². The second-order valence-corrected chi connectivity index (χ2v) is 3.97. The molecule has 0 fully saturated rings. The Kier molecular flexibility index (Phi) is 3.28. The first kappa shape index (κ1) is 12.1. The van der Waals surface area contributed by atoms with E-state index in [4.69, 9.17) is 5.73 Å². The van der Waals surface area contributed by atoms with E-state index in [9.17, 15) is 9.18 Å². The minimum Gasteiger partial charge on any atom is -0.399 e. The van der Waals surface area contributed by atoms with E-state index in [2.05, 4.69) is 0 Å². The lowest BCUT2D eigenvalue weighted by Gasteiger charge is -2.17. The maximum atomic E-state index is 12.8. The van der Waals surface area contributed by atoms with Gasteiger partial charge in [-0.2, -0.15) is 0 Å². The molecule has 2 aromatic rings. The lowest BCUT2D eigenvalue weighted by atomic mass is 10.2. The van der Waals surface area contributed by atoms with Crippen molar-refractivity contribution >= 4 is 17.3 Å². The number of nitrogens with zero attached hydrogens (tertiary/aromatic N) is 1. The van der Waals surface area contributed by atoms with Gasteiger partial charge >= 0.3 is 0 Å². The molecule has 2 N–H and O–H groups in total. The first-order chi connectivity index (χ1) is 8.58. The quantitative estimate of drug-likeness (QED) is 0.825. The summed E-state index contributed by atoms with van der Waals surface area (Å²) >= 11 is 0. The van der Waals surface area contributed by atoms with E-state index >= 15 is 0 Å². The zero-order valence-electron chi connectivity index (χ0n) is 9.93. The van der Waals surface area contributed by atoms with Gasteiger partial charge < -0.3 is 10.6 Å². The van der Waals surface area contributed by atoms with Gasteiger partial charge in [-0.3, -0.25) is 4.79 Å². The lowest BCUT2D eigenvalue weighted by molar-refractivity contribution is 0.0993. The van der Waals surface area contributed by atoms with Gasteiger partial charge in [0.15, 0.2) is 0 Å². The SMILES string of the molecule is CN(C(=O)c1ccc(F)cc1)c1cccc(N)c1. The Bertz CT molecular complexity index is 566. The zero-order valence-corrected chi connectivity index (χ0v) is 9.93. The summed E-state index contributed by atoms with van der Waals surface area (Å²) < 4.78 is 12.8. The molecule has 0 saturated carbocycles. The number of rotatable bonds is 2. The molecule has 0 atom stereocenters. The first-order valence-corrected chi connectivity index (χ1v) is 5.47. The number of amides is 1. The number of nitrogen functional groups attached to an aromatic ring is 1. The highest BCUT2D eigenvalue weighted by Gasteiger charge is 2.13. The van der Waals surface area contributed by atoms with Crippen molar-refractivity contribution in [3.63, 3.8) is 0 Å². The molecule has 0 aliphatic carbocycles. The Balaban J connectivity index is 2.26. The van der Waals surface area contributed by atoms with Crippen molar-refractivity contribution in [2.24, 2.45) is 0 Å². The molecule has 18 heavy (non-hydrogen) atoms. The molecule has 0 aromatic heterocycles. The third-order valence-corrected chi connectivity index (χ3v) is 2.65. The normalized spacial score (nSPS) is 10.1. The van der Waals surface area contributed by atoms with Crippen LogP contribution in [0.1, 0.15) is 10.4 Å². The van der Waals surface area contributed by atoms with Crippen LogP contribution < -0.4 is 10.6 Å². The molecule has 0 radical (unpaired) electrons. The van der Waals surface area contributed by atoms with Crippen LogP contribution in [0.15, 0.2) is 48.5 Å². The van der Waals surface area contributed by atoms with E-state index in [1.807, 2.05) is 0 Å². The number of hydrogen-bond donors (Lipinski definition) is 1. The van der Waals surface area contributed by atoms with Gasteiger partial charge in [-0.15, -0.1) is 0 Å². The minimum atomic E-state index is -0.363. The Morgan fingerprint density at radius 1 is 1.17 bits per heavy atom. The fourth-order valence-corrected chi connectivity index (χ4v) is 1.64. The van der Waals surface area contributed by atoms with Crippen molar-refractivity contribution in [2.75, 3.05) is 17.7 Å². The Morgan fingerprint density at radius 2 is 1.83 bits per heavy atom. The van der Waals surface area contributed by atoms with E-state index < -0.39 is 0 Å². The molecule has 0 unspecified atom stereocenters. The number of carbonyl (C=O) groups excluding carboxylic acids is 1. The van der Waals surface area contributed by atoms with Crippen LogP contribution in [0.25, 0.3) is 0 Å². The van der Waals surface area contributed by atoms with Crippen LogP contribution >= 0.6 is 0 Å². The van der Waals surface area contributed by atoms with Crippen molar-refractivity contribution in [1.82, 2.24) is 0 Å². The fraction of sp³-hybridized carbons (Fsp3) is 0.0714. The van der Waals surface area contributed by atoms with Crippen molar-refractivity contribution in [2.45, 2.75) is 0 Å². The van der Waals surface area contributed by atoms with Gasteiger partial charge in [0.05, 0.1) is 0 Å². The number of nitrogens with two attached hydrogens (primary N) is 1. The van der Waals surface area contributed by atoms with E-state index in [1.54, 1.807) is 31.3 Å². The number of halogens is 1. The van der Waals surface area contributed by atoms with E-state index in [0.717, 1.165) is 0 Å². The molecule has 0 aliphatic rings. The standard InChI is InChI=1S/C14H13FN2O/c1-17(13-4-2-3-12(16)9-13)14(18)10-5-7-11(15)8-6-10/h2-9H,16H2,1H3. The Hall–Kier alpha value is -2.36. The van der Waals surface area contributed by atoms with Crippen molar-refractivity contribution < 1.29 is 9.18 Å². The van der Waals surface area contributed by atoms with Crippen LogP contribution in [0.5, 0.6) is 0 Å². The molecular weight excluding hydrogens is 231 g/mol. The highest BCUT2D eigenvalue weighted by Crippen LogP contribution is 2.18. The average molecular weight is 244 g/mol. The molecule has 2 rings (SSSR count). The summed E-state index contributed by atoms with van der Waals surface area (Å²) in [4.78, 5) is 13.6. The molecular formula is C14H13FN2O. The third-order valence-electron chi connectivity index (χ3n) is 2.65. The highest BCUT2D eigenvalue weighted by molar-refractivity contribution is 6.05. The van der Waals surface area contributed by atoms with E-state index in [1.165, 1.54) is 29.2 Å². The van der Waals surface area contributed by atoms with E-state index in [0.29, 0.717) is 16.9 Å². The van der Waals surface area contributed by atoms with Crippen LogP contribution in [-0.4, -0.2) is 13.0 Å². The maximum absolute atomic E-state index is 12.8. The summed E-state index contributed by atoms with van der Waals surface area (Å²) in [5.41, 5.74) is 7.39. The second kappa shape index (κ2) is 4.87. The summed E-state index contributed by atoms with van der Waals surface area (Å²) in [6.45, 7) is 0. The topological polar surface area (TPSA) is 46.3 Å².